The minimum Gasteiger partial charge on any atom is -0.324 e. The Labute approximate surface area is 245 Å². The number of rotatable bonds is 5. The minimum atomic E-state index is -0.480. The van der Waals surface area contributed by atoms with Crippen LogP contribution >= 0.6 is 0 Å². The second-order valence-electron chi connectivity index (χ2n) is 10.2. The molecule has 6 aromatic rings. The zero-order valence-electron chi connectivity index (χ0n) is 22.8. The SMILES string of the molecule is N#Cc1ccc(-c2ccccc2-c2ccc3ccccc3c2C2N=C(c3ccccc3)NC(c3ccccc3)=N2)cc1. The molecule has 7 rings (SSSR count). The van der Waals surface area contributed by atoms with E-state index in [-0.39, 0.29) is 0 Å². The topological polar surface area (TPSA) is 60.5 Å². The first-order chi connectivity index (χ1) is 20.8. The van der Waals surface area contributed by atoms with Gasteiger partial charge in [0.2, 0.25) is 0 Å². The van der Waals surface area contributed by atoms with Crippen molar-refractivity contribution in [2.75, 3.05) is 0 Å². The van der Waals surface area contributed by atoms with Crippen LogP contribution in [-0.2, 0) is 0 Å². The molecule has 4 heteroatoms. The summed E-state index contributed by atoms with van der Waals surface area (Å²) >= 11 is 0. The van der Waals surface area contributed by atoms with Crippen LogP contribution in [0.5, 0.6) is 0 Å². The minimum absolute atomic E-state index is 0.480. The molecular formula is C38H26N4. The van der Waals surface area contributed by atoms with Crippen LogP contribution in [0.2, 0.25) is 0 Å². The summed E-state index contributed by atoms with van der Waals surface area (Å²) in [6.45, 7) is 0. The summed E-state index contributed by atoms with van der Waals surface area (Å²) in [7, 11) is 0. The van der Waals surface area contributed by atoms with Gasteiger partial charge in [0.15, 0.2) is 6.17 Å². The Morgan fingerprint density at radius 1 is 0.500 bits per heavy atom. The van der Waals surface area contributed by atoms with Gasteiger partial charge in [-0.3, -0.25) is 0 Å². The van der Waals surface area contributed by atoms with E-state index in [4.69, 9.17) is 9.98 Å². The highest BCUT2D eigenvalue weighted by Gasteiger charge is 2.25. The fourth-order valence-electron chi connectivity index (χ4n) is 5.57. The van der Waals surface area contributed by atoms with E-state index in [2.05, 4.69) is 96.3 Å². The highest BCUT2D eigenvalue weighted by molar-refractivity contribution is 6.16. The van der Waals surface area contributed by atoms with E-state index in [1.807, 2.05) is 60.7 Å². The number of hydrogen-bond donors (Lipinski definition) is 1. The summed E-state index contributed by atoms with van der Waals surface area (Å²) in [6.07, 6.45) is -0.480. The van der Waals surface area contributed by atoms with Crippen molar-refractivity contribution in [3.8, 4) is 28.3 Å². The van der Waals surface area contributed by atoms with Gasteiger partial charge in [0.25, 0.3) is 0 Å². The summed E-state index contributed by atoms with van der Waals surface area (Å²) in [5.41, 5.74) is 8.02. The van der Waals surface area contributed by atoms with Gasteiger partial charge in [-0.1, -0.05) is 133 Å². The van der Waals surface area contributed by atoms with Gasteiger partial charge < -0.3 is 5.32 Å². The first-order valence-electron chi connectivity index (χ1n) is 13.9. The molecule has 4 nitrogen and oxygen atoms in total. The van der Waals surface area contributed by atoms with Crippen LogP contribution in [0.25, 0.3) is 33.0 Å². The first kappa shape index (κ1) is 25.2. The fourth-order valence-corrected chi connectivity index (χ4v) is 5.57. The first-order valence-corrected chi connectivity index (χ1v) is 13.9. The summed E-state index contributed by atoms with van der Waals surface area (Å²) in [5, 5.41) is 15.1. The number of nitrogens with zero attached hydrogens (tertiary/aromatic N) is 3. The number of hydrogen-bond acceptors (Lipinski definition) is 4. The van der Waals surface area contributed by atoms with Crippen molar-refractivity contribution >= 4 is 22.4 Å². The molecule has 1 N–H and O–H groups in total. The maximum Gasteiger partial charge on any atom is 0.170 e. The van der Waals surface area contributed by atoms with Gasteiger partial charge in [0, 0.05) is 16.7 Å². The molecule has 6 aromatic carbocycles. The molecule has 0 atom stereocenters. The standard InChI is InChI=1S/C38H26N4/c39-25-26-19-21-28(22-20-26)31-16-9-10-18-33(31)34-24-23-27-11-7-8-17-32(27)35(34)38-41-36(29-12-3-1-4-13-29)40-37(42-38)30-14-5-2-6-15-30/h1-24,38H,(H,40,41,42). The monoisotopic (exact) mass is 538 g/mol. The Bertz CT molecular complexity index is 1950. The lowest BCUT2D eigenvalue weighted by molar-refractivity contribution is 0.764. The predicted molar refractivity (Wildman–Crippen MR) is 171 cm³/mol. The van der Waals surface area contributed by atoms with E-state index in [1.165, 1.54) is 0 Å². The zero-order chi connectivity index (χ0) is 28.3. The Hall–Kier alpha value is -5.79. The number of aliphatic imine (C=N–C) groups is 2. The van der Waals surface area contributed by atoms with Gasteiger partial charge in [0.1, 0.15) is 11.7 Å². The van der Waals surface area contributed by atoms with Gasteiger partial charge in [-0.25, -0.2) is 9.98 Å². The van der Waals surface area contributed by atoms with Crippen molar-refractivity contribution < 1.29 is 0 Å². The molecule has 0 aromatic heterocycles. The molecule has 198 valence electrons. The van der Waals surface area contributed by atoms with Crippen molar-refractivity contribution in [1.29, 1.82) is 5.26 Å². The molecule has 0 amide bonds. The molecule has 1 heterocycles. The average molecular weight is 539 g/mol. The molecule has 0 radical (unpaired) electrons. The average Bonchev–Trinajstić information content (AvgIpc) is 3.08. The third-order valence-corrected chi connectivity index (χ3v) is 7.61. The van der Waals surface area contributed by atoms with Crippen molar-refractivity contribution in [1.82, 2.24) is 5.32 Å². The van der Waals surface area contributed by atoms with E-state index in [9.17, 15) is 5.26 Å². The molecular weight excluding hydrogens is 512 g/mol. The second-order valence-corrected chi connectivity index (χ2v) is 10.2. The van der Waals surface area contributed by atoms with E-state index < -0.39 is 6.17 Å². The Morgan fingerprint density at radius 3 is 1.71 bits per heavy atom. The van der Waals surface area contributed by atoms with Crippen LogP contribution in [0.4, 0.5) is 0 Å². The fraction of sp³-hybridized carbons (Fsp3) is 0.0263. The molecule has 0 saturated carbocycles. The Morgan fingerprint density at radius 2 is 1.07 bits per heavy atom. The molecule has 0 saturated heterocycles. The maximum absolute atomic E-state index is 9.34. The van der Waals surface area contributed by atoms with Gasteiger partial charge in [-0.15, -0.1) is 0 Å². The van der Waals surface area contributed by atoms with Crippen LogP contribution in [0, 0.1) is 11.3 Å². The number of amidine groups is 2. The summed E-state index contributed by atoms with van der Waals surface area (Å²) in [4.78, 5) is 10.5. The highest BCUT2D eigenvalue weighted by Crippen LogP contribution is 2.41. The number of nitriles is 1. The highest BCUT2D eigenvalue weighted by atomic mass is 15.2. The number of benzene rings is 6. The van der Waals surface area contributed by atoms with Gasteiger partial charge >= 0.3 is 0 Å². The van der Waals surface area contributed by atoms with E-state index in [0.717, 1.165) is 61.4 Å². The Balaban J connectivity index is 1.48. The molecule has 0 spiro atoms. The second kappa shape index (κ2) is 11.0. The third-order valence-electron chi connectivity index (χ3n) is 7.61. The lowest BCUT2D eigenvalue weighted by Crippen LogP contribution is -2.36. The van der Waals surface area contributed by atoms with Crippen LogP contribution in [0.3, 0.4) is 0 Å². The predicted octanol–water partition coefficient (Wildman–Crippen LogP) is 8.54. The number of nitrogens with one attached hydrogen (secondary N) is 1. The molecule has 1 aliphatic heterocycles. The third kappa shape index (κ3) is 4.74. The summed E-state index contributed by atoms with van der Waals surface area (Å²) in [5.74, 6) is 1.57. The van der Waals surface area contributed by atoms with Crippen LogP contribution in [0.15, 0.2) is 156 Å². The molecule has 42 heavy (non-hydrogen) atoms. The van der Waals surface area contributed by atoms with E-state index in [0.29, 0.717) is 5.56 Å². The normalized spacial score (nSPS) is 13.1. The molecule has 0 unspecified atom stereocenters. The Kier molecular flexibility index (Phi) is 6.60. The summed E-state index contributed by atoms with van der Waals surface area (Å²) < 4.78 is 0. The summed E-state index contributed by atoms with van der Waals surface area (Å²) in [6, 6.07) is 51.6. The lowest BCUT2D eigenvalue weighted by Gasteiger charge is -2.25. The smallest absolute Gasteiger partial charge is 0.170 e. The lowest BCUT2D eigenvalue weighted by atomic mass is 9.88. The van der Waals surface area contributed by atoms with Crippen molar-refractivity contribution in [3.05, 3.63) is 168 Å². The number of fused-ring (bicyclic) bond motifs is 1. The van der Waals surface area contributed by atoms with Gasteiger partial charge in [-0.2, -0.15) is 5.26 Å². The molecule has 0 fully saturated rings. The zero-order valence-corrected chi connectivity index (χ0v) is 22.8. The largest absolute Gasteiger partial charge is 0.324 e. The van der Waals surface area contributed by atoms with Gasteiger partial charge in [0.05, 0.1) is 11.6 Å². The van der Waals surface area contributed by atoms with Crippen molar-refractivity contribution in [2.24, 2.45) is 9.98 Å². The molecule has 0 aliphatic carbocycles. The molecule has 0 bridgehead atoms. The molecule has 1 aliphatic rings. The van der Waals surface area contributed by atoms with Gasteiger partial charge in [-0.05, 0) is 45.2 Å². The van der Waals surface area contributed by atoms with Crippen LogP contribution < -0.4 is 5.32 Å². The quantitative estimate of drug-likeness (QED) is 0.239. The van der Waals surface area contributed by atoms with E-state index in [1.54, 1.807) is 0 Å². The van der Waals surface area contributed by atoms with E-state index >= 15 is 0 Å². The van der Waals surface area contributed by atoms with Crippen molar-refractivity contribution in [2.45, 2.75) is 6.17 Å². The van der Waals surface area contributed by atoms with Crippen LogP contribution in [-0.4, -0.2) is 11.7 Å². The maximum atomic E-state index is 9.34. The van der Waals surface area contributed by atoms with Crippen molar-refractivity contribution in [3.63, 3.8) is 0 Å². The van der Waals surface area contributed by atoms with Crippen LogP contribution in [0.1, 0.15) is 28.4 Å².